The number of hydrogen-bond acceptors (Lipinski definition) is 4. The molecule has 4 nitrogen and oxygen atoms in total. The van der Waals surface area contributed by atoms with Gasteiger partial charge in [-0.1, -0.05) is 0 Å². The van der Waals surface area contributed by atoms with Crippen LogP contribution in [0.1, 0.15) is 0 Å². The Morgan fingerprint density at radius 3 is 1.14 bits per heavy atom. The largest absolute Gasteiger partial charge is 2.00 e. The quantitative estimate of drug-likeness (QED) is 0.344. The first-order valence-corrected chi connectivity index (χ1v) is 2.19. The summed E-state index contributed by atoms with van der Waals surface area (Å²) < 4.78 is 8.55. The Kier molecular flexibility index (Phi) is 12.3. The molecule has 0 N–H and O–H groups in total. The summed E-state index contributed by atoms with van der Waals surface area (Å²) >= 11 is 0. The Hall–Kier alpha value is 1.32. The van der Waals surface area contributed by atoms with Gasteiger partial charge < -0.3 is 19.2 Å². The third-order valence-corrected chi connectivity index (χ3v) is 0. The Morgan fingerprint density at radius 1 is 1.14 bits per heavy atom. The molecule has 40 valence electrons. The van der Waals surface area contributed by atoms with E-state index in [1.54, 1.807) is 0 Å². The summed E-state index contributed by atoms with van der Waals surface area (Å²) in [4.78, 5) is 25.6. The van der Waals surface area contributed by atoms with Crippen LogP contribution in [0, 0.1) is 12.4 Å². The van der Waals surface area contributed by atoms with Gasteiger partial charge in [0.2, 0.25) is 0 Å². The molecule has 0 amide bonds. The standard InChI is InChI=1S/Cl.H3O4P.Pb/c;1-5(2,3)4;/h;(H3,1,2,3,4);/q+1;;+2/p-3. The second-order valence-corrected chi connectivity index (χ2v) is 1.34. The summed E-state index contributed by atoms with van der Waals surface area (Å²) in [5.74, 6) is 0. The first-order valence-electron chi connectivity index (χ1n) is 0.730. The Labute approximate surface area is 66.7 Å². The van der Waals surface area contributed by atoms with Gasteiger partial charge >= 0.3 is 39.7 Å². The minimum absolute atomic E-state index is 0. The van der Waals surface area contributed by atoms with Crippen molar-refractivity contribution in [3.63, 3.8) is 0 Å². The number of hydrogen-bond donors (Lipinski definition) is 0. The van der Waals surface area contributed by atoms with Crippen molar-refractivity contribution in [3.05, 3.63) is 0 Å². The average molecular weight is 338 g/mol. The summed E-state index contributed by atoms with van der Waals surface area (Å²) in [7, 11) is -5.39. The number of phosphoric acid groups is 1. The van der Waals surface area contributed by atoms with Crippen LogP contribution in [-0.2, 0) is 4.57 Å². The van der Waals surface area contributed by atoms with Gasteiger partial charge in [-0.3, -0.25) is 0 Å². The van der Waals surface area contributed by atoms with E-state index in [0.29, 0.717) is 0 Å². The van der Waals surface area contributed by atoms with Crippen molar-refractivity contribution in [1.29, 1.82) is 0 Å². The summed E-state index contributed by atoms with van der Waals surface area (Å²) in [6.07, 6.45) is 0. The molecule has 0 rings (SSSR count). The second kappa shape index (κ2) is 5.46. The normalized spacial score (nSPS) is 8.43. The fourth-order valence-corrected chi connectivity index (χ4v) is 0. The third kappa shape index (κ3) is 119. The van der Waals surface area contributed by atoms with Crippen molar-refractivity contribution in [2.24, 2.45) is 0 Å². The Morgan fingerprint density at radius 2 is 1.14 bits per heavy atom. The van der Waals surface area contributed by atoms with E-state index in [9.17, 15) is 0 Å². The van der Waals surface area contributed by atoms with Crippen LogP contribution in [0.2, 0.25) is 0 Å². The van der Waals surface area contributed by atoms with Gasteiger partial charge in [0.15, 0.2) is 0 Å². The van der Waals surface area contributed by atoms with E-state index < -0.39 is 7.82 Å². The van der Waals surface area contributed by atoms with Crippen molar-refractivity contribution in [2.45, 2.75) is 0 Å². The predicted molar refractivity (Wildman–Crippen MR) is 13.4 cm³/mol. The van der Waals surface area contributed by atoms with E-state index in [0.717, 1.165) is 0 Å². The van der Waals surface area contributed by atoms with Gasteiger partial charge in [0.05, 0.1) is 0 Å². The zero-order valence-corrected chi connectivity index (χ0v) is 8.50. The molecule has 0 bridgehead atoms. The molecule has 0 aliphatic rings. The van der Waals surface area contributed by atoms with Gasteiger partial charge in [0, 0.05) is 0 Å². The van der Waals surface area contributed by atoms with Crippen molar-refractivity contribution in [1.82, 2.24) is 0 Å². The molecule has 0 saturated carbocycles. The van der Waals surface area contributed by atoms with Gasteiger partial charge in [0.25, 0.3) is 0 Å². The molecule has 0 heterocycles. The molecule has 7 heteroatoms. The predicted octanol–water partition coefficient (Wildman–Crippen LogP) is -3.21. The van der Waals surface area contributed by atoms with Gasteiger partial charge in [-0.2, -0.15) is 7.82 Å². The van der Waals surface area contributed by atoms with Crippen LogP contribution >= 0.6 is 7.82 Å². The fourth-order valence-electron chi connectivity index (χ4n) is 0. The smallest absolute Gasteiger partial charge is 0.822 e. The molecule has 0 aliphatic heterocycles. The summed E-state index contributed by atoms with van der Waals surface area (Å²) in [5.41, 5.74) is 0. The van der Waals surface area contributed by atoms with E-state index in [2.05, 4.69) is 0 Å². The molecule has 0 atom stereocenters. The molecule has 7 heavy (non-hydrogen) atoms. The van der Waals surface area contributed by atoms with Crippen LogP contribution in [0.25, 0.3) is 0 Å². The topological polar surface area (TPSA) is 86.2 Å². The summed E-state index contributed by atoms with van der Waals surface area (Å²) in [6, 6.07) is 0. The first-order chi connectivity index (χ1) is 2.00. The Balaban J connectivity index is -0.0000000800. The maximum Gasteiger partial charge on any atom is 2.00 e. The number of rotatable bonds is 0. The van der Waals surface area contributed by atoms with Crippen molar-refractivity contribution in [3.8, 4) is 0 Å². The molecule has 0 aromatic carbocycles. The molecular weight excluding hydrogens is 338 g/mol. The van der Waals surface area contributed by atoms with Gasteiger partial charge in [-0.15, -0.1) is 0 Å². The van der Waals surface area contributed by atoms with Crippen molar-refractivity contribution < 1.29 is 31.7 Å². The molecule has 4 radical (unpaired) electrons. The summed E-state index contributed by atoms with van der Waals surface area (Å²) in [5, 5.41) is 0. The number of halogens is 1. The van der Waals surface area contributed by atoms with Gasteiger partial charge in [-0.05, 0) is 0 Å². The molecule has 0 fully saturated rings. The van der Waals surface area contributed by atoms with Crippen LogP contribution < -0.4 is 14.7 Å². The molecule has 0 saturated heterocycles. The SMILES string of the molecule is O=P([O-])([O-])[O-].[Cl+].[Pb+2]. The molecule has 0 aromatic rings. The van der Waals surface area contributed by atoms with Crippen LogP contribution in [-0.4, -0.2) is 27.3 Å². The zero-order chi connectivity index (χ0) is 4.50. The maximum absolute atomic E-state index is 8.55. The van der Waals surface area contributed by atoms with Crippen molar-refractivity contribution in [2.75, 3.05) is 0 Å². The van der Waals surface area contributed by atoms with Crippen LogP contribution in [0.5, 0.6) is 0 Å². The third-order valence-electron chi connectivity index (χ3n) is 0. The van der Waals surface area contributed by atoms with Crippen LogP contribution in [0.3, 0.4) is 0 Å². The first kappa shape index (κ1) is 15.8. The molecule has 0 spiro atoms. The molecule has 0 unspecified atom stereocenters. The van der Waals surface area contributed by atoms with Gasteiger partial charge in [-0.25, -0.2) is 0 Å². The monoisotopic (exact) mass is 338 g/mol. The zero-order valence-electron chi connectivity index (χ0n) is 2.96. The van der Waals surface area contributed by atoms with E-state index in [1.165, 1.54) is 0 Å². The average Bonchev–Trinajstić information content (AvgIpc) is 0.722. The van der Waals surface area contributed by atoms with E-state index in [4.69, 9.17) is 19.2 Å². The van der Waals surface area contributed by atoms with E-state index >= 15 is 0 Å². The van der Waals surface area contributed by atoms with E-state index in [1.807, 2.05) is 0 Å². The van der Waals surface area contributed by atoms with Crippen molar-refractivity contribution >= 4 is 35.1 Å². The molecular formula is ClO4PPb. The minimum atomic E-state index is -5.39. The molecule has 0 aromatic heterocycles. The minimum Gasteiger partial charge on any atom is -0.822 e. The van der Waals surface area contributed by atoms with Gasteiger partial charge in [0.1, 0.15) is 0 Å². The summed E-state index contributed by atoms with van der Waals surface area (Å²) in [6.45, 7) is 0. The van der Waals surface area contributed by atoms with E-state index in [-0.39, 0.29) is 39.7 Å². The fraction of sp³-hybridized carbons (Fsp3) is 0. The maximum atomic E-state index is 8.55. The second-order valence-electron chi connectivity index (χ2n) is 0.447. The molecule has 0 aliphatic carbocycles. The van der Waals surface area contributed by atoms with Crippen LogP contribution in [0.4, 0.5) is 0 Å². The van der Waals surface area contributed by atoms with Crippen LogP contribution in [0.15, 0.2) is 0 Å². The Bertz CT molecular complexity index is 57.8.